The molecular weight excluding hydrogens is 320 g/mol. The summed E-state index contributed by atoms with van der Waals surface area (Å²) >= 11 is 0. The molecule has 1 heteroatoms. The summed E-state index contributed by atoms with van der Waals surface area (Å²) in [5.41, 5.74) is 4.47. The summed E-state index contributed by atoms with van der Waals surface area (Å²) in [6.07, 6.45) is 3.27. The van der Waals surface area contributed by atoms with E-state index in [4.69, 9.17) is 0 Å². The van der Waals surface area contributed by atoms with Gasteiger partial charge in [-0.3, -0.25) is 0 Å². The van der Waals surface area contributed by atoms with E-state index in [1.165, 1.54) is 26.5 Å². The maximum absolute atomic E-state index is 2.43. The molecule has 128 valence electrons. The SMILES string of the molecule is CCc1cc(CC)c([S+](c2ccccc2)c2ccccc2)c(CC)c1. The maximum Gasteiger partial charge on any atom is 0.172 e. The van der Waals surface area contributed by atoms with Gasteiger partial charge in [0.1, 0.15) is 0 Å². The van der Waals surface area contributed by atoms with Gasteiger partial charge in [-0.1, -0.05) is 69.3 Å². The van der Waals surface area contributed by atoms with E-state index in [0.29, 0.717) is 0 Å². The van der Waals surface area contributed by atoms with Gasteiger partial charge < -0.3 is 0 Å². The van der Waals surface area contributed by atoms with Crippen molar-refractivity contribution in [2.75, 3.05) is 0 Å². The smallest absolute Gasteiger partial charge is 0.0619 e. The van der Waals surface area contributed by atoms with Gasteiger partial charge >= 0.3 is 0 Å². The number of hydrogen-bond acceptors (Lipinski definition) is 0. The average Bonchev–Trinajstić information content (AvgIpc) is 2.69. The van der Waals surface area contributed by atoms with Crippen LogP contribution in [0.5, 0.6) is 0 Å². The summed E-state index contributed by atoms with van der Waals surface area (Å²) < 4.78 is 0. The van der Waals surface area contributed by atoms with Gasteiger partial charge in [0, 0.05) is 11.1 Å². The van der Waals surface area contributed by atoms with Crippen molar-refractivity contribution in [3.63, 3.8) is 0 Å². The van der Waals surface area contributed by atoms with E-state index < -0.39 is 0 Å². The Kier molecular flexibility index (Phi) is 5.99. The highest BCUT2D eigenvalue weighted by atomic mass is 32.2. The molecule has 0 saturated carbocycles. The first-order chi connectivity index (χ1) is 12.3. The van der Waals surface area contributed by atoms with Crippen molar-refractivity contribution >= 4 is 10.9 Å². The van der Waals surface area contributed by atoms with E-state index in [0.717, 1.165) is 19.3 Å². The second-order valence-electron chi connectivity index (χ2n) is 6.24. The molecule has 0 radical (unpaired) electrons. The minimum Gasteiger partial charge on any atom is -0.0619 e. The molecule has 0 aliphatic rings. The lowest BCUT2D eigenvalue weighted by Crippen LogP contribution is -2.11. The Balaban J connectivity index is 2.27. The lowest BCUT2D eigenvalue weighted by Gasteiger charge is -2.16. The third-order valence-electron chi connectivity index (χ3n) is 4.63. The van der Waals surface area contributed by atoms with E-state index in [2.05, 4.69) is 93.6 Å². The van der Waals surface area contributed by atoms with Crippen molar-refractivity contribution in [2.45, 2.75) is 54.7 Å². The third-order valence-corrected chi connectivity index (χ3v) is 7.05. The maximum atomic E-state index is 2.43. The van der Waals surface area contributed by atoms with Gasteiger partial charge in [0.15, 0.2) is 14.7 Å². The minimum atomic E-state index is -0.0478. The molecule has 0 aromatic heterocycles. The first-order valence-electron chi connectivity index (χ1n) is 9.27. The summed E-state index contributed by atoms with van der Waals surface area (Å²) in [6.45, 7) is 6.83. The van der Waals surface area contributed by atoms with Crippen LogP contribution in [0, 0.1) is 0 Å². The summed E-state index contributed by atoms with van der Waals surface area (Å²) in [6, 6.07) is 26.9. The van der Waals surface area contributed by atoms with Crippen molar-refractivity contribution in [1.29, 1.82) is 0 Å². The van der Waals surface area contributed by atoms with E-state index in [1.807, 2.05) is 0 Å². The Morgan fingerprint density at radius 3 is 1.40 bits per heavy atom. The third kappa shape index (κ3) is 3.82. The van der Waals surface area contributed by atoms with Crippen LogP contribution < -0.4 is 0 Å². The predicted molar refractivity (Wildman–Crippen MR) is 110 cm³/mol. The molecular formula is C24H27S+. The van der Waals surface area contributed by atoms with Crippen LogP contribution in [0.3, 0.4) is 0 Å². The highest BCUT2D eigenvalue weighted by molar-refractivity contribution is 7.97. The van der Waals surface area contributed by atoms with Gasteiger partial charge in [0.2, 0.25) is 0 Å². The first kappa shape index (κ1) is 17.8. The molecule has 0 fully saturated rings. The zero-order chi connectivity index (χ0) is 17.6. The van der Waals surface area contributed by atoms with Gasteiger partial charge in [-0.2, -0.15) is 0 Å². The van der Waals surface area contributed by atoms with Gasteiger partial charge in [-0.05, 0) is 49.1 Å². The van der Waals surface area contributed by atoms with Crippen molar-refractivity contribution in [1.82, 2.24) is 0 Å². The summed E-state index contributed by atoms with van der Waals surface area (Å²) in [4.78, 5) is 4.35. The normalized spacial score (nSPS) is 11.0. The average molecular weight is 348 g/mol. The fourth-order valence-electron chi connectivity index (χ4n) is 3.30. The first-order valence-corrected chi connectivity index (χ1v) is 10.5. The second kappa shape index (κ2) is 8.40. The molecule has 3 rings (SSSR count). The fraction of sp³-hybridized carbons (Fsp3) is 0.250. The monoisotopic (exact) mass is 347 g/mol. The minimum absolute atomic E-state index is 0.0478. The van der Waals surface area contributed by atoms with Gasteiger partial charge in [-0.15, -0.1) is 0 Å². The molecule has 0 spiro atoms. The molecule has 0 amide bonds. The second-order valence-corrected chi connectivity index (χ2v) is 8.20. The Hall–Kier alpha value is -1.99. The molecule has 0 bridgehead atoms. The van der Waals surface area contributed by atoms with E-state index in [9.17, 15) is 0 Å². The van der Waals surface area contributed by atoms with Crippen molar-refractivity contribution < 1.29 is 0 Å². The Bertz CT molecular complexity index is 742. The molecule has 0 nitrogen and oxygen atoms in total. The number of rotatable bonds is 6. The number of aryl methyl sites for hydroxylation is 3. The van der Waals surface area contributed by atoms with Crippen LogP contribution >= 0.6 is 0 Å². The Morgan fingerprint density at radius 2 is 1.04 bits per heavy atom. The zero-order valence-corrected chi connectivity index (χ0v) is 16.3. The lowest BCUT2D eigenvalue weighted by molar-refractivity contribution is 0.974. The molecule has 25 heavy (non-hydrogen) atoms. The van der Waals surface area contributed by atoms with Crippen LogP contribution in [0.15, 0.2) is 87.5 Å². The van der Waals surface area contributed by atoms with Crippen molar-refractivity contribution in [2.24, 2.45) is 0 Å². The molecule has 0 N–H and O–H groups in total. The molecule has 0 atom stereocenters. The molecule has 0 saturated heterocycles. The van der Waals surface area contributed by atoms with Crippen LogP contribution in [0.4, 0.5) is 0 Å². The molecule has 3 aromatic carbocycles. The summed E-state index contributed by atoms with van der Waals surface area (Å²) in [7, 11) is -0.0478. The quantitative estimate of drug-likeness (QED) is 0.448. The molecule has 0 aliphatic carbocycles. The Labute approximate surface area is 155 Å². The van der Waals surface area contributed by atoms with Crippen molar-refractivity contribution in [3.05, 3.63) is 89.5 Å². The Morgan fingerprint density at radius 1 is 0.600 bits per heavy atom. The van der Waals surface area contributed by atoms with Crippen LogP contribution in [-0.2, 0) is 30.2 Å². The topological polar surface area (TPSA) is 0 Å². The molecule has 3 aromatic rings. The lowest BCUT2D eigenvalue weighted by atomic mass is 10.0. The van der Waals surface area contributed by atoms with Crippen LogP contribution in [-0.4, -0.2) is 0 Å². The fourth-order valence-corrected chi connectivity index (χ4v) is 5.84. The zero-order valence-electron chi connectivity index (χ0n) is 15.5. The molecule has 0 aliphatic heterocycles. The van der Waals surface area contributed by atoms with Crippen LogP contribution in [0.25, 0.3) is 0 Å². The summed E-state index contributed by atoms with van der Waals surface area (Å²) in [5, 5.41) is 0. The standard InChI is InChI=1S/C24H27S/c1-4-19-17-20(5-2)24(21(6-3)18-19)25(22-13-9-7-10-14-22)23-15-11-8-12-16-23/h7-18H,4-6H2,1-3H3/q+1. The van der Waals surface area contributed by atoms with Gasteiger partial charge in [-0.25, -0.2) is 0 Å². The number of hydrogen-bond donors (Lipinski definition) is 0. The highest BCUT2D eigenvalue weighted by Crippen LogP contribution is 2.36. The highest BCUT2D eigenvalue weighted by Gasteiger charge is 2.33. The van der Waals surface area contributed by atoms with E-state index >= 15 is 0 Å². The van der Waals surface area contributed by atoms with E-state index in [1.54, 1.807) is 4.90 Å². The summed E-state index contributed by atoms with van der Waals surface area (Å²) in [5.74, 6) is 0. The van der Waals surface area contributed by atoms with E-state index in [-0.39, 0.29) is 10.9 Å². The van der Waals surface area contributed by atoms with Crippen molar-refractivity contribution in [3.8, 4) is 0 Å². The number of benzene rings is 3. The molecule has 0 unspecified atom stereocenters. The van der Waals surface area contributed by atoms with Crippen LogP contribution in [0.1, 0.15) is 37.5 Å². The predicted octanol–water partition coefficient (Wildman–Crippen LogP) is 6.47. The molecule has 0 heterocycles. The van der Waals surface area contributed by atoms with Crippen LogP contribution in [0.2, 0.25) is 0 Å². The largest absolute Gasteiger partial charge is 0.172 e. The van der Waals surface area contributed by atoms with Gasteiger partial charge in [0.05, 0.1) is 10.9 Å². The van der Waals surface area contributed by atoms with Gasteiger partial charge in [0.25, 0.3) is 0 Å².